The summed E-state index contributed by atoms with van der Waals surface area (Å²) in [5, 5.41) is 15.2. The number of carbonyl (C=O) groups is 2. The summed E-state index contributed by atoms with van der Waals surface area (Å²) in [6.45, 7) is 2.43. The van der Waals surface area contributed by atoms with Crippen molar-refractivity contribution in [2.75, 3.05) is 25.6 Å². The van der Waals surface area contributed by atoms with Crippen molar-refractivity contribution in [1.82, 2.24) is 20.2 Å². The van der Waals surface area contributed by atoms with Gasteiger partial charge in [0.05, 0.1) is 27.4 Å². The van der Waals surface area contributed by atoms with E-state index < -0.39 is 11.9 Å². The number of methoxy groups -OCH3 is 1. The third-order valence-electron chi connectivity index (χ3n) is 6.38. The summed E-state index contributed by atoms with van der Waals surface area (Å²) in [5.74, 6) is -0.523. The Balaban J connectivity index is 1.30. The normalized spacial score (nSPS) is 13.6. The highest BCUT2D eigenvalue weighted by Gasteiger charge is 2.23. The van der Waals surface area contributed by atoms with E-state index in [1.54, 1.807) is 31.6 Å². The second-order valence-corrected chi connectivity index (χ2v) is 10.8. The first-order chi connectivity index (χ1) is 19.8. The van der Waals surface area contributed by atoms with Crippen LogP contribution in [0.4, 0.5) is 14.9 Å². The van der Waals surface area contributed by atoms with Crippen LogP contribution in [0.5, 0.6) is 11.5 Å². The number of nitrogens with one attached hydrogen (secondary N) is 2. The molecule has 1 aromatic carbocycles. The molecule has 0 spiro atoms. The number of rotatable bonds is 11. The SMILES string of the molecule is COCCN(Cc1ccc(-c2cc3nccc(Oc4ccc(NC(=O)NC5CC5)cc4F)c3s2)nc1)C(=O)C(C)O. The quantitative estimate of drug-likeness (QED) is 0.230. The van der Waals surface area contributed by atoms with Gasteiger partial charge in [-0.05, 0) is 49.6 Å². The van der Waals surface area contributed by atoms with Crippen molar-refractivity contribution in [2.45, 2.75) is 38.5 Å². The zero-order valence-corrected chi connectivity index (χ0v) is 23.4. The molecule has 3 N–H and O–H groups in total. The minimum atomic E-state index is -1.11. The van der Waals surface area contributed by atoms with Crippen LogP contribution in [0.15, 0.2) is 54.9 Å². The maximum atomic E-state index is 14.9. The van der Waals surface area contributed by atoms with Crippen molar-refractivity contribution in [2.24, 2.45) is 0 Å². The Hall–Kier alpha value is -4.13. The van der Waals surface area contributed by atoms with E-state index >= 15 is 0 Å². The lowest BCUT2D eigenvalue weighted by molar-refractivity contribution is -0.140. The summed E-state index contributed by atoms with van der Waals surface area (Å²) in [6, 6.07) is 11.4. The van der Waals surface area contributed by atoms with Gasteiger partial charge in [0.2, 0.25) is 0 Å². The highest BCUT2D eigenvalue weighted by Crippen LogP contribution is 2.39. The first kappa shape index (κ1) is 28.4. The zero-order chi connectivity index (χ0) is 28.9. The molecule has 0 saturated heterocycles. The number of halogens is 1. The Labute approximate surface area is 240 Å². The Morgan fingerprint density at radius 1 is 1.17 bits per heavy atom. The molecule has 0 radical (unpaired) electrons. The minimum absolute atomic E-state index is 0.0212. The number of aliphatic hydroxyl groups excluding tert-OH is 1. The molecule has 3 aromatic heterocycles. The lowest BCUT2D eigenvalue weighted by Crippen LogP contribution is -2.39. The minimum Gasteiger partial charge on any atom is -0.453 e. The van der Waals surface area contributed by atoms with Crippen molar-refractivity contribution < 1.29 is 28.6 Å². The number of anilines is 1. The van der Waals surface area contributed by atoms with Gasteiger partial charge in [-0.15, -0.1) is 11.3 Å². The Bertz CT molecular complexity index is 1540. The number of ether oxygens (including phenoxy) is 2. The van der Waals surface area contributed by atoms with E-state index in [2.05, 4.69) is 20.6 Å². The van der Waals surface area contributed by atoms with Crippen LogP contribution in [0, 0.1) is 5.82 Å². The first-order valence-electron chi connectivity index (χ1n) is 13.2. The third kappa shape index (κ3) is 7.15. The number of aromatic nitrogens is 2. The summed E-state index contributed by atoms with van der Waals surface area (Å²) >= 11 is 1.41. The van der Waals surface area contributed by atoms with E-state index in [1.807, 2.05) is 18.2 Å². The molecule has 0 aliphatic heterocycles. The maximum absolute atomic E-state index is 14.9. The molecule has 10 nitrogen and oxygen atoms in total. The molecule has 1 unspecified atom stereocenters. The monoisotopic (exact) mass is 579 g/mol. The van der Waals surface area contributed by atoms with E-state index in [0.717, 1.165) is 28.0 Å². The molecule has 1 aliphatic carbocycles. The average Bonchev–Trinajstić information content (AvgIpc) is 3.65. The lowest BCUT2D eigenvalue weighted by atomic mass is 10.2. The van der Waals surface area contributed by atoms with Crippen molar-refractivity contribution in [1.29, 1.82) is 0 Å². The fraction of sp³-hybridized carbons (Fsp3) is 0.310. The van der Waals surface area contributed by atoms with Gasteiger partial charge in [-0.25, -0.2) is 9.18 Å². The molecule has 214 valence electrons. The number of urea groups is 1. The van der Waals surface area contributed by atoms with E-state index in [-0.39, 0.29) is 30.3 Å². The number of hydrogen-bond acceptors (Lipinski definition) is 8. The van der Waals surface area contributed by atoms with Gasteiger partial charge in [0.1, 0.15) is 11.9 Å². The number of pyridine rings is 2. The van der Waals surface area contributed by atoms with Crippen LogP contribution < -0.4 is 15.4 Å². The molecule has 5 rings (SSSR count). The van der Waals surface area contributed by atoms with Crippen LogP contribution >= 0.6 is 11.3 Å². The summed E-state index contributed by atoms with van der Waals surface area (Å²) in [7, 11) is 1.56. The largest absolute Gasteiger partial charge is 0.453 e. The molecule has 1 atom stereocenters. The Kier molecular flexibility index (Phi) is 8.72. The van der Waals surface area contributed by atoms with Crippen molar-refractivity contribution >= 4 is 39.2 Å². The maximum Gasteiger partial charge on any atom is 0.319 e. The Morgan fingerprint density at radius 2 is 2.00 bits per heavy atom. The fourth-order valence-electron chi connectivity index (χ4n) is 4.10. The number of amides is 3. The van der Waals surface area contributed by atoms with Crippen LogP contribution in [0.1, 0.15) is 25.3 Å². The van der Waals surface area contributed by atoms with Gasteiger partial charge in [-0.1, -0.05) is 6.07 Å². The molecule has 4 aromatic rings. The predicted molar refractivity (Wildman–Crippen MR) is 153 cm³/mol. The van der Waals surface area contributed by atoms with Crippen LogP contribution in [0.3, 0.4) is 0 Å². The number of benzene rings is 1. The second-order valence-electron chi connectivity index (χ2n) is 9.73. The van der Waals surface area contributed by atoms with E-state index in [4.69, 9.17) is 9.47 Å². The number of aliphatic hydroxyl groups is 1. The summed E-state index contributed by atoms with van der Waals surface area (Å²) in [4.78, 5) is 35.7. The van der Waals surface area contributed by atoms with Crippen molar-refractivity contribution in [3.63, 3.8) is 0 Å². The zero-order valence-electron chi connectivity index (χ0n) is 22.6. The highest BCUT2D eigenvalue weighted by molar-refractivity contribution is 7.22. The van der Waals surface area contributed by atoms with Gasteiger partial charge in [0, 0.05) is 56.5 Å². The van der Waals surface area contributed by atoms with Gasteiger partial charge >= 0.3 is 6.03 Å². The van der Waals surface area contributed by atoms with Gasteiger partial charge in [-0.3, -0.25) is 14.8 Å². The predicted octanol–water partition coefficient (Wildman–Crippen LogP) is 4.93. The number of carbonyl (C=O) groups excluding carboxylic acids is 2. The van der Waals surface area contributed by atoms with Crippen molar-refractivity contribution in [3.05, 3.63) is 66.2 Å². The van der Waals surface area contributed by atoms with Gasteiger partial charge in [0.25, 0.3) is 5.91 Å². The van der Waals surface area contributed by atoms with E-state index in [1.165, 1.54) is 35.3 Å². The number of thiophene rings is 1. The number of fused-ring (bicyclic) bond motifs is 1. The fourth-order valence-corrected chi connectivity index (χ4v) is 5.14. The average molecular weight is 580 g/mol. The summed E-state index contributed by atoms with van der Waals surface area (Å²) in [5.41, 5.74) is 2.52. The third-order valence-corrected chi connectivity index (χ3v) is 7.54. The van der Waals surface area contributed by atoms with Gasteiger partial charge in [0.15, 0.2) is 11.6 Å². The van der Waals surface area contributed by atoms with Crippen LogP contribution in [-0.4, -0.2) is 64.3 Å². The van der Waals surface area contributed by atoms with Gasteiger partial charge in [-0.2, -0.15) is 0 Å². The van der Waals surface area contributed by atoms with Gasteiger partial charge < -0.3 is 30.1 Å². The van der Waals surface area contributed by atoms with E-state index in [0.29, 0.717) is 35.8 Å². The topological polar surface area (TPSA) is 126 Å². The number of nitrogens with zero attached hydrogens (tertiary/aromatic N) is 3. The summed E-state index contributed by atoms with van der Waals surface area (Å²) in [6.07, 6.45) is 4.09. The summed E-state index contributed by atoms with van der Waals surface area (Å²) < 4.78 is 26.6. The Morgan fingerprint density at radius 3 is 2.68 bits per heavy atom. The molecule has 41 heavy (non-hydrogen) atoms. The first-order valence-corrected chi connectivity index (χ1v) is 14.0. The molecule has 12 heteroatoms. The van der Waals surface area contributed by atoms with Crippen LogP contribution in [0.25, 0.3) is 20.8 Å². The number of hydrogen-bond donors (Lipinski definition) is 3. The molecule has 3 heterocycles. The molecular formula is C29H30FN5O5S. The molecule has 0 bridgehead atoms. The smallest absolute Gasteiger partial charge is 0.319 e. The standard InChI is InChI=1S/C29H30FN5O5S/c1-17(36)28(37)35(11-12-39-2)16-18-3-7-22(32-15-18)26-14-23-27(41-26)25(9-10-31-23)40-24-8-6-20(13-21(24)30)34-29(38)33-19-4-5-19/h3,6-10,13-15,17,19,36H,4-5,11-12,16H2,1-2H3,(H2,33,34,38). The molecule has 1 fully saturated rings. The van der Waals surface area contributed by atoms with Crippen LogP contribution in [0.2, 0.25) is 0 Å². The lowest BCUT2D eigenvalue weighted by Gasteiger charge is -2.23. The highest BCUT2D eigenvalue weighted by atomic mass is 32.1. The van der Waals surface area contributed by atoms with Crippen molar-refractivity contribution in [3.8, 4) is 22.1 Å². The second kappa shape index (κ2) is 12.6. The molecule has 3 amide bonds. The molecule has 1 saturated carbocycles. The molecule has 1 aliphatic rings. The van der Waals surface area contributed by atoms with E-state index in [9.17, 15) is 19.1 Å². The molecular weight excluding hydrogens is 549 g/mol. The van der Waals surface area contributed by atoms with Crippen LogP contribution in [-0.2, 0) is 16.1 Å².